The lowest BCUT2D eigenvalue weighted by Gasteiger charge is -2.28. The maximum Gasteiger partial charge on any atom is 0.150 e. The van der Waals surface area contributed by atoms with Crippen LogP contribution in [-0.2, 0) is 0 Å². The van der Waals surface area contributed by atoms with Crippen LogP contribution in [0, 0.1) is 0 Å². The molecule has 5 nitrogen and oxygen atoms in total. The number of benzene rings is 12. The summed E-state index contributed by atoms with van der Waals surface area (Å²) in [6.07, 6.45) is 7.08. The fraction of sp³-hybridized carbons (Fsp3) is 0.138. The van der Waals surface area contributed by atoms with E-state index >= 15 is 0 Å². The third-order valence-electron chi connectivity index (χ3n) is 17.7. The highest BCUT2D eigenvalue weighted by Crippen LogP contribution is 2.43. The number of aldehydes is 1. The quantitative estimate of drug-likeness (QED) is 0.0563. The SMILES string of the molecule is C=Cc1ccc(N(c2ccccc2)c2cccc(C(C)CC(CC)c3ccc(N(c4ccccc4)c4ccccc4)cc3)c2)cc1.CCC(CC(C)c1cccc(N(c2ccccc2)c2ccc(C=O)cc2)c1)c1ccc(N(c2ccccc2)c2ccccc2)cc1. The Morgan fingerprint density at radius 2 is 0.522 bits per heavy atom. The van der Waals surface area contributed by atoms with E-state index in [9.17, 15) is 4.79 Å². The van der Waals surface area contributed by atoms with E-state index in [0.29, 0.717) is 29.2 Å². The molecule has 12 aromatic carbocycles. The molecular formula is C87H82N4O. The van der Waals surface area contributed by atoms with Crippen LogP contribution in [0.5, 0.6) is 0 Å². The number of hydrogen-bond acceptors (Lipinski definition) is 5. The number of nitrogens with zero attached hydrogens (tertiary/aromatic N) is 4. The zero-order chi connectivity index (χ0) is 63.4. The van der Waals surface area contributed by atoms with Gasteiger partial charge in [-0.05, 0) is 235 Å². The van der Waals surface area contributed by atoms with Gasteiger partial charge < -0.3 is 19.6 Å². The predicted molar refractivity (Wildman–Crippen MR) is 392 cm³/mol. The maximum atomic E-state index is 11.3. The van der Waals surface area contributed by atoms with E-state index < -0.39 is 0 Å². The first kappa shape index (κ1) is 62.8. The standard InChI is InChI=1S/C44H42N2.C43H40N2O/c1-4-35-24-28-42(29-25-35)46(41-21-13-8-14-22-41)44-23-15-16-38(33-44)34(3)32-36(5-2)37-26-30-43(31-27-37)45(39-17-9-6-10-18-39)40-19-11-7-12-20-40;1-3-35(36-24-28-42(29-25-36)44(38-15-7-4-8-16-38)39-17-9-5-10-18-39)30-33(2)37-14-13-21-43(31-37)45(40-19-11-6-12-20-40)41-26-22-34(32-46)23-27-41/h4,6-31,33-34,36H,1,5,32H2,2-3H3;4-29,31-33,35H,3,30H2,1-2H3. The average Bonchev–Trinajstić information content (AvgIpc) is 1.27. The van der Waals surface area contributed by atoms with Crippen molar-refractivity contribution in [2.75, 3.05) is 19.6 Å². The second kappa shape index (κ2) is 31.1. The van der Waals surface area contributed by atoms with Gasteiger partial charge in [0.25, 0.3) is 0 Å². The van der Waals surface area contributed by atoms with Crippen LogP contribution in [0.1, 0.15) is 115 Å². The van der Waals surface area contributed by atoms with Gasteiger partial charge >= 0.3 is 0 Å². The van der Waals surface area contributed by atoms with Gasteiger partial charge in [-0.25, -0.2) is 0 Å². The minimum atomic E-state index is 0.366. The maximum absolute atomic E-state index is 11.3. The van der Waals surface area contributed by atoms with Gasteiger partial charge in [0.05, 0.1) is 0 Å². The van der Waals surface area contributed by atoms with E-state index in [2.05, 4.69) is 351 Å². The van der Waals surface area contributed by atoms with E-state index in [1.807, 2.05) is 36.4 Å². The van der Waals surface area contributed by atoms with Crippen LogP contribution < -0.4 is 19.6 Å². The van der Waals surface area contributed by atoms with Gasteiger partial charge in [0.15, 0.2) is 0 Å². The smallest absolute Gasteiger partial charge is 0.150 e. The Labute approximate surface area is 546 Å². The van der Waals surface area contributed by atoms with Crippen molar-refractivity contribution in [1.82, 2.24) is 0 Å². The lowest BCUT2D eigenvalue weighted by atomic mass is 9.84. The molecule has 0 aliphatic carbocycles. The zero-order valence-electron chi connectivity index (χ0n) is 53.4. The van der Waals surface area contributed by atoms with Gasteiger partial charge in [-0.1, -0.05) is 210 Å². The average molecular weight is 1200 g/mol. The molecule has 0 radical (unpaired) electrons. The molecule has 0 aromatic heterocycles. The Balaban J connectivity index is 0.000000188. The number of carbonyl (C=O) groups excluding carboxylic acids is 1. The summed E-state index contributed by atoms with van der Waals surface area (Å²) in [5.41, 5.74) is 20.8. The van der Waals surface area contributed by atoms with Gasteiger partial charge in [-0.15, -0.1) is 0 Å². The molecule has 12 rings (SSSR count). The zero-order valence-corrected chi connectivity index (χ0v) is 53.4. The molecule has 92 heavy (non-hydrogen) atoms. The molecule has 4 unspecified atom stereocenters. The molecule has 0 amide bonds. The molecule has 12 aromatic rings. The van der Waals surface area contributed by atoms with Gasteiger partial charge in [-0.2, -0.15) is 0 Å². The van der Waals surface area contributed by atoms with Crippen LogP contribution >= 0.6 is 0 Å². The van der Waals surface area contributed by atoms with E-state index in [-0.39, 0.29) is 0 Å². The Morgan fingerprint density at radius 1 is 0.283 bits per heavy atom. The van der Waals surface area contributed by atoms with Crippen LogP contribution in [0.15, 0.2) is 334 Å². The van der Waals surface area contributed by atoms with Crippen molar-refractivity contribution in [3.8, 4) is 0 Å². The minimum Gasteiger partial charge on any atom is -0.311 e. The molecule has 0 saturated heterocycles. The molecule has 0 saturated carbocycles. The number of anilines is 12. The molecule has 0 aliphatic heterocycles. The van der Waals surface area contributed by atoms with Gasteiger partial charge in [0.1, 0.15) is 6.29 Å². The van der Waals surface area contributed by atoms with Crippen molar-refractivity contribution >= 4 is 80.6 Å². The summed E-state index contributed by atoms with van der Waals surface area (Å²) in [5.74, 6) is 1.67. The number of rotatable bonds is 24. The highest BCUT2D eigenvalue weighted by atomic mass is 16.1. The minimum absolute atomic E-state index is 0.366. The Morgan fingerprint density at radius 3 is 0.783 bits per heavy atom. The Hall–Kier alpha value is -10.8. The van der Waals surface area contributed by atoms with Gasteiger partial charge in [0, 0.05) is 73.8 Å². The van der Waals surface area contributed by atoms with E-state index in [1.54, 1.807) is 0 Å². The predicted octanol–water partition coefficient (Wildman–Crippen LogP) is 25.1. The van der Waals surface area contributed by atoms with Crippen LogP contribution in [0.4, 0.5) is 68.2 Å². The fourth-order valence-electron chi connectivity index (χ4n) is 12.6. The summed E-state index contributed by atoms with van der Waals surface area (Å²) in [5, 5.41) is 0. The molecule has 5 heteroatoms. The highest BCUT2D eigenvalue weighted by Gasteiger charge is 2.22. The molecular weight excluding hydrogens is 1120 g/mol. The molecule has 456 valence electrons. The lowest BCUT2D eigenvalue weighted by Crippen LogP contribution is -2.11. The third-order valence-corrected chi connectivity index (χ3v) is 17.7. The van der Waals surface area contributed by atoms with Crippen molar-refractivity contribution in [2.24, 2.45) is 0 Å². The Bertz CT molecular complexity index is 3830. The summed E-state index contributed by atoms with van der Waals surface area (Å²) >= 11 is 0. The normalized spacial score (nSPS) is 12.2. The van der Waals surface area contributed by atoms with Crippen molar-refractivity contribution in [1.29, 1.82) is 0 Å². The second-order valence-corrected chi connectivity index (χ2v) is 23.7. The molecule has 0 heterocycles. The number of hydrogen-bond donors (Lipinski definition) is 0. The monoisotopic (exact) mass is 1200 g/mol. The van der Waals surface area contributed by atoms with Crippen LogP contribution in [0.25, 0.3) is 6.08 Å². The van der Waals surface area contributed by atoms with Crippen molar-refractivity contribution < 1.29 is 4.79 Å². The molecule has 0 aliphatic rings. The summed E-state index contributed by atoms with van der Waals surface area (Å²) < 4.78 is 0. The first-order valence-corrected chi connectivity index (χ1v) is 32.5. The molecule has 0 fully saturated rings. The summed E-state index contributed by atoms with van der Waals surface area (Å²) in [6, 6.07) is 116. The van der Waals surface area contributed by atoms with Gasteiger partial charge in [0.2, 0.25) is 0 Å². The van der Waals surface area contributed by atoms with Crippen molar-refractivity contribution in [3.05, 3.63) is 368 Å². The topological polar surface area (TPSA) is 30.0 Å². The summed E-state index contributed by atoms with van der Waals surface area (Å²) in [6.45, 7) is 13.2. The van der Waals surface area contributed by atoms with Gasteiger partial charge in [-0.3, -0.25) is 4.79 Å². The first-order valence-electron chi connectivity index (χ1n) is 32.5. The van der Waals surface area contributed by atoms with Crippen molar-refractivity contribution in [3.63, 3.8) is 0 Å². The fourth-order valence-corrected chi connectivity index (χ4v) is 12.6. The number of para-hydroxylation sites is 6. The van der Waals surface area contributed by atoms with E-state index in [0.717, 1.165) is 94.4 Å². The van der Waals surface area contributed by atoms with Crippen LogP contribution in [-0.4, -0.2) is 6.29 Å². The second-order valence-electron chi connectivity index (χ2n) is 23.7. The number of carbonyl (C=O) groups is 1. The summed E-state index contributed by atoms with van der Waals surface area (Å²) in [4.78, 5) is 20.5. The van der Waals surface area contributed by atoms with Crippen LogP contribution in [0.2, 0.25) is 0 Å². The third kappa shape index (κ3) is 15.4. The van der Waals surface area contributed by atoms with Crippen LogP contribution in [0.3, 0.4) is 0 Å². The molecule has 0 spiro atoms. The highest BCUT2D eigenvalue weighted by molar-refractivity contribution is 5.82. The van der Waals surface area contributed by atoms with E-state index in [4.69, 9.17) is 0 Å². The first-order chi connectivity index (χ1) is 45.3. The summed E-state index contributed by atoms with van der Waals surface area (Å²) in [7, 11) is 0. The largest absolute Gasteiger partial charge is 0.311 e. The lowest BCUT2D eigenvalue weighted by molar-refractivity contribution is 0.112. The Kier molecular flexibility index (Phi) is 21.3. The molecule has 0 N–H and O–H groups in total. The van der Waals surface area contributed by atoms with E-state index in [1.165, 1.54) is 33.6 Å². The molecule has 4 atom stereocenters. The molecule has 0 bridgehead atoms. The van der Waals surface area contributed by atoms with Crippen molar-refractivity contribution in [2.45, 2.75) is 77.0 Å².